The number of carbonyl (C=O) groups excluding carboxylic acids is 1. The highest BCUT2D eigenvalue weighted by atomic mass is 79.9. The predicted molar refractivity (Wildman–Crippen MR) is 129 cm³/mol. The number of esters is 1. The van der Waals surface area contributed by atoms with Gasteiger partial charge in [0.1, 0.15) is 11.9 Å². The number of hydrogen-bond acceptors (Lipinski definition) is 8. The molecule has 0 amide bonds. The largest absolute Gasteiger partial charge is 0.463 e. The molecule has 1 unspecified atom stereocenters. The standard InChI is InChI=1S/C23H25BrFN5O2S/c1-2-32-22(31)18-17(10-30-7-5-23(13-30)11-26-12-23)28-20(21-27-6-8-33-21)29-19(18)15-4-3-14(25)9-16(15)24/h3-4,6,8-9,19,26H,2,5,7,10-13H2,1H3,(H,28,29). The molecule has 2 saturated heterocycles. The molecular formula is C23H25BrFN5O2S. The van der Waals surface area contributed by atoms with Crippen LogP contribution in [0.25, 0.3) is 0 Å². The van der Waals surface area contributed by atoms with E-state index < -0.39 is 12.0 Å². The Morgan fingerprint density at radius 2 is 2.27 bits per heavy atom. The molecule has 174 valence electrons. The summed E-state index contributed by atoms with van der Waals surface area (Å²) < 4.78 is 19.9. The SMILES string of the molecule is CCOC(=O)C1=C(CN2CCC3(CNC3)C2)NC(c2nccs2)=NC1c1ccc(F)cc1Br. The molecule has 5 rings (SSSR count). The van der Waals surface area contributed by atoms with Crippen LogP contribution in [0.1, 0.15) is 30.0 Å². The summed E-state index contributed by atoms with van der Waals surface area (Å²) in [6.07, 6.45) is 2.87. The summed E-state index contributed by atoms with van der Waals surface area (Å²) in [5.41, 5.74) is 2.26. The second-order valence-corrected chi connectivity index (χ2v) is 10.4. The lowest BCUT2D eigenvalue weighted by Gasteiger charge is -2.39. The minimum atomic E-state index is -0.642. The summed E-state index contributed by atoms with van der Waals surface area (Å²) in [5, 5.41) is 9.41. The first-order chi connectivity index (χ1) is 16.0. The average Bonchev–Trinajstić information content (AvgIpc) is 3.44. The van der Waals surface area contributed by atoms with Gasteiger partial charge in [-0.3, -0.25) is 9.89 Å². The fourth-order valence-electron chi connectivity index (χ4n) is 4.72. The Balaban J connectivity index is 1.56. The smallest absolute Gasteiger partial charge is 0.338 e. The summed E-state index contributed by atoms with van der Waals surface area (Å²) in [4.78, 5) is 24.9. The Labute approximate surface area is 204 Å². The second-order valence-electron chi connectivity index (χ2n) is 8.69. The molecule has 2 aromatic rings. The van der Waals surface area contributed by atoms with E-state index in [2.05, 4.69) is 36.4 Å². The zero-order chi connectivity index (χ0) is 23.0. The van der Waals surface area contributed by atoms with Crippen LogP contribution in [0.15, 0.2) is 50.5 Å². The van der Waals surface area contributed by atoms with E-state index in [4.69, 9.17) is 9.73 Å². The molecule has 3 aliphatic heterocycles. The van der Waals surface area contributed by atoms with Crippen LogP contribution >= 0.6 is 27.3 Å². The van der Waals surface area contributed by atoms with Crippen LogP contribution in [0.5, 0.6) is 0 Å². The lowest BCUT2D eigenvalue weighted by Crippen LogP contribution is -2.54. The van der Waals surface area contributed by atoms with E-state index in [9.17, 15) is 9.18 Å². The number of ether oxygens (including phenoxy) is 1. The number of halogens is 2. The van der Waals surface area contributed by atoms with Crippen molar-refractivity contribution in [3.63, 3.8) is 0 Å². The van der Waals surface area contributed by atoms with Gasteiger partial charge in [-0.05, 0) is 37.6 Å². The van der Waals surface area contributed by atoms with Crippen molar-refractivity contribution in [3.8, 4) is 0 Å². The Morgan fingerprint density at radius 3 is 2.91 bits per heavy atom. The third-order valence-corrected chi connectivity index (χ3v) is 7.88. The molecule has 0 saturated carbocycles. The maximum absolute atomic E-state index is 13.8. The van der Waals surface area contributed by atoms with E-state index in [0.717, 1.165) is 43.3 Å². The van der Waals surface area contributed by atoms with Crippen LogP contribution in [0.3, 0.4) is 0 Å². The van der Waals surface area contributed by atoms with Gasteiger partial charge in [0.15, 0.2) is 10.8 Å². The first-order valence-corrected chi connectivity index (χ1v) is 12.7. The molecule has 1 aromatic carbocycles. The first kappa shape index (κ1) is 22.6. The minimum Gasteiger partial charge on any atom is -0.463 e. The van der Waals surface area contributed by atoms with Crippen molar-refractivity contribution in [3.05, 3.63) is 61.9 Å². The number of amidine groups is 1. The van der Waals surface area contributed by atoms with Crippen LogP contribution in [-0.2, 0) is 9.53 Å². The van der Waals surface area contributed by atoms with E-state index in [-0.39, 0.29) is 12.4 Å². The van der Waals surface area contributed by atoms with Crippen LogP contribution in [-0.4, -0.2) is 61.0 Å². The van der Waals surface area contributed by atoms with Gasteiger partial charge < -0.3 is 15.4 Å². The van der Waals surface area contributed by atoms with Gasteiger partial charge in [-0.25, -0.2) is 14.2 Å². The van der Waals surface area contributed by atoms with Crippen molar-refractivity contribution >= 4 is 39.1 Å². The molecular weight excluding hydrogens is 509 g/mol. The number of rotatable bonds is 6. The summed E-state index contributed by atoms with van der Waals surface area (Å²) in [5.74, 6) is -0.169. The molecule has 3 aliphatic rings. The van der Waals surface area contributed by atoms with Gasteiger partial charge in [-0.1, -0.05) is 22.0 Å². The predicted octanol–water partition coefficient (Wildman–Crippen LogP) is 3.25. The van der Waals surface area contributed by atoms with E-state index in [1.807, 2.05) is 5.38 Å². The van der Waals surface area contributed by atoms with Gasteiger partial charge >= 0.3 is 5.97 Å². The third-order valence-electron chi connectivity index (χ3n) is 6.41. The monoisotopic (exact) mass is 533 g/mol. The van der Waals surface area contributed by atoms with E-state index >= 15 is 0 Å². The molecule has 7 nitrogen and oxygen atoms in total. The van der Waals surface area contributed by atoms with Crippen LogP contribution in [0.4, 0.5) is 4.39 Å². The van der Waals surface area contributed by atoms with Gasteiger partial charge in [0.05, 0.1) is 12.2 Å². The molecule has 0 bridgehead atoms. The molecule has 0 radical (unpaired) electrons. The quantitative estimate of drug-likeness (QED) is 0.555. The summed E-state index contributed by atoms with van der Waals surface area (Å²) in [6, 6.07) is 3.81. The maximum atomic E-state index is 13.8. The Hall–Kier alpha value is -2.14. The number of thiazole rings is 1. The van der Waals surface area contributed by atoms with Crippen molar-refractivity contribution in [2.24, 2.45) is 10.4 Å². The highest BCUT2D eigenvalue weighted by molar-refractivity contribution is 9.10. The molecule has 2 N–H and O–H groups in total. The van der Waals surface area contributed by atoms with E-state index in [1.54, 1.807) is 19.2 Å². The van der Waals surface area contributed by atoms with Crippen molar-refractivity contribution in [1.29, 1.82) is 0 Å². The molecule has 33 heavy (non-hydrogen) atoms. The maximum Gasteiger partial charge on any atom is 0.338 e. The Kier molecular flexibility index (Phi) is 6.34. The van der Waals surface area contributed by atoms with E-state index in [1.165, 1.54) is 23.5 Å². The minimum absolute atomic E-state index is 0.258. The third kappa shape index (κ3) is 4.49. The van der Waals surface area contributed by atoms with Crippen LogP contribution in [0.2, 0.25) is 0 Å². The zero-order valence-corrected chi connectivity index (χ0v) is 20.6. The fraction of sp³-hybridized carbons (Fsp3) is 0.435. The molecule has 4 heterocycles. The first-order valence-electron chi connectivity index (χ1n) is 11.0. The molecule has 1 atom stereocenters. The molecule has 0 aliphatic carbocycles. The van der Waals surface area contributed by atoms with Gasteiger partial charge in [0.25, 0.3) is 0 Å². The van der Waals surface area contributed by atoms with Crippen LogP contribution in [0, 0.1) is 11.2 Å². The second kappa shape index (κ2) is 9.25. The number of carbonyl (C=O) groups is 1. The molecule has 10 heteroatoms. The lowest BCUT2D eigenvalue weighted by molar-refractivity contribution is -0.139. The topological polar surface area (TPSA) is 78.9 Å². The van der Waals surface area contributed by atoms with Crippen molar-refractivity contribution in [2.45, 2.75) is 19.4 Å². The number of aromatic nitrogens is 1. The zero-order valence-electron chi connectivity index (χ0n) is 18.2. The normalized spacial score (nSPS) is 22.2. The number of benzene rings is 1. The summed E-state index contributed by atoms with van der Waals surface area (Å²) >= 11 is 4.95. The molecule has 2 fully saturated rings. The lowest BCUT2D eigenvalue weighted by atomic mass is 9.81. The van der Waals surface area contributed by atoms with Gasteiger partial charge in [-0.2, -0.15) is 0 Å². The summed E-state index contributed by atoms with van der Waals surface area (Å²) in [7, 11) is 0. The van der Waals surface area contributed by atoms with Gasteiger partial charge in [-0.15, -0.1) is 11.3 Å². The molecule has 1 aromatic heterocycles. The summed E-state index contributed by atoms with van der Waals surface area (Å²) in [6.45, 7) is 6.66. The number of nitrogens with one attached hydrogen (secondary N) is 2. The van der Waals surface area contributed by atoms with Crippen molar-refractivity contribution < 1.29 is 13.9 Å². The average molecular weight is 534 g/mol. The highest BCUT2D eigenvalue weighted by Gasteiger charge is 2.43. The molecule has 1 spiro atoms. The number of likely N-dealkylation sites (tertiary alicyclic amines) is 1. The Morgan fingerprint density at radius 1 is 1.42 bits per heavy atom. The fourth-order valence-corrected chi connectivity index (χ4v) is 5.88. The van der Waals surface area contributed by atoms with Crippen molar-refractivity contribution in [2.75, 3.05) is 39.3 Å². The van der Waals surface area contributed by atoms with Gasteiger partial charge in [0, 0.05) is 53.3 Å². The van der Waals surface area contributed by atoms with E-state index in [0.29, 0.717) is 33.4 Å². The van der Waals surface area contributed by atoms with Crippen LogP contribution < -0.4 is 10.6 Å². The van der Waals surface area contributed by atoms with Crippen molar-refractivity contribution in [1.82, 2.24) is 20.5 Å². The number of aliphatic imine (C=N–C) groups is 1. The number of hydrogen-bond donors (Lipinski definition) is 2. The number of nitrogens with zero attached hydrogens (tertiary/aromatic N) is 3. The highest BCUT2D eigenvalue weighted by Crippen LogP contribution is 2.38. The Bertz CT molecular complexity index is 1120. The van der Waals surface area contributed by atoms with Gasteiger partial charge in [0.2, 0.25) is 0 Å².